The van der Waals surface area contributed by atoms with Crippen LogP contribution in [0.3, 0.4) is 0 Å². The highest BCUT2D eigenvalue weighted by Gasteiger charge is 2.40. The highest BCUT2D eigenvalue weighted by molar-refractivity contribution is 6.00. The molecule has 1 saturated heterocycles. The van der Waals surface area contributed by atoms with Gasteiger partial charge in [0.05, 0.1) is 38.8 Å². The van der Waals surface area contributed by atoms with Crippen LogP contribution in [0.4, 0.5) is 22.0 Å². The molecule has 0 saturated carbocycles. The van der Waals surface area contributed by atoms with Gasteiger partial charge in [-0.2, -0.15) is 18.3 Å². The Kier molecular flexibility index (Phi) is 8.49. The maximum atomic E-state index is 15.0. The van der Waals surface area contributed by atoms with E-state index in [1.807, 2.05) is 0 Å². The number of amides is 1. The summed E-state index contributed by atoms with van der Waals surface area (Å²) in [5.41, 5.74) is -1.54. The van der Waals surface area contributed by atoms with E-state index < -0.39 is 48.1 Å². The lowest BCUT2D eigenvalue weighted by atomic mass is 10.0. The third-order valence-electron chi connectivity index (χ3n) is 7.92. The molecule has 0 aliphatic carbocycles. The van der Waals surface area contributed by atoms with E-state index >= 15 is 4.39 Å². The highest BCUT2D eigenvalue weighted by Crippen LogP contribution is 2.37. The van der Waals surface area contributed by atoms with E-state index in [2.05, 4.69) is 10.1 Å². The van der Waals surface area contributed by atoms with E-state index in [0.717, 1.165) is 18.3 Å². The summed E-state index contributed by atoms with van der Waals surface area (Å²) >= 11 is 0. The van der Waals surface area contributed by atoms with Crippen LogP contribution in [-0.2, 0) is 6.18 Å². The number of benzene rings is 2. The second-order valence-electron chi connectivity index (χ2n) is 10.5. The Labute approximate surface area is 249 Å². The van der Waals surface area contributed by atoms with Gasteiger partial charge in [0.25, 0.3) is 5.91 Å². The summed E-state index contributed by atoms with van der Waals surface area (Å²) in [4.78, 5) is 21.4. The van der Waals surface area contributed by atoms with Crippen molar-refractivity contribution < 1.29 is 41.3 Å². The molecule has 1 amide bonds. The second-order valence-corrected chi connectivity index (χ2v) is 10.5. The van der Waals surface area contributed by atoms with Gasteiger partial charge in [0.2, 0.25) is 0 Å². The van der Waals surface area contributed by atoms with E-state index in [1.165, 1.54) is 26.0 Å². The summed E-state index contributed by atoms with van der Waals surface area (Å²) in [6, 6.07) is 6.95. The summed E-state index contributed by atoms with van der Waals surface area (Å²) < 4.78 is 83.5. The van der Waals surface area contributed by atoms with E-state index in [0.29, 0.717) is 15.8 Å². The number of hydrogen-bond acceptors (Lipinski definition) is 7. The maximum Gasteiger partial charge on any atom is 0.433 e. The third-order valence-corrected chi connectivity index (χ3v) is 7.92. The van der Waals surface area contributed by atoms with Crippen LogP contribution >= 0.6 is 0 Å². The number of carbonyl (C=O) groups is 1. The van der Waals surface area contributed by atoms with Gasteiger partial charge in [-0.1, -0.05) is 0 Å². The van der Waals surface area contributed by atoms with Crippen LogP contribution in [0.2, 0.25) is 0 Å². The van der Waals surface area contributed by atoms with Crippen LogP contribution in [0.15, 0.2) is 42.6 Å². The molecule has 9 nitrogen and oxygen atoms in total. The predicted molar refractivity (Wildman–Crippen MR) is 150 cm³/mol. The second kappa shape index (κ2) is 12.0. The smallest absolute Gasteiger partial charge is 0.433 e. The van der Waals surface area contributed by atoms with Crippen LogP contribution in [0.1, 0.15) is 40.1 Å². The number of ether oxygens (including phenoxy) is 2. The molecule has 1 aliphatic heterocycles. The number of aliphatic hydroxyl groups excluding tert-OH is 1. The number of methoxy groups -OCH3 is 2. The average Bonchev–Trinajstić information content (AvgIpc) is 3.41. The first-order valence-electron chi connectivity index (χ1n) is 13.7. The molecule has 0 spiro atoms. The number of carbonyl (C=O) groups excluding carboxylic acids is 1. The predicted octanol–water partition coefficient (Wildman–Crippen LogP) is 4.90. The summed E-state index contributed by atoms with van der Waals surface area (Å²) in [6.07, 6.45) is -3.74. The van der Waals surface area contributed by atoms with Crippen molar-refractivity contribution >= 4 is 11.6 Å². The number of alkyl halides is 3. The molecule has 2 aromatic heterocycles. The Morgan fingerprint density at radius 1 is 1.09 bits per heavy atom. The number of aromatic nitrogens is 3. The number of halogens is 5. The van der Waals surface area contributed by atoms with Gasteiger partial charge >= 0.3 is 6.18 Å². The number of fused-ring (bicyclic) bond motifs is 1. The quantitative estimate of drug-likeness (QED) is 0.295. The van der Waals surface area contributed by atoms with Crippen molar-refractivity contribution in [2.45, 2.75) is 32.1 Å². The van der Waals surface area contributed by atoms with E-state index in [9.17, 15) is 27.5 Å². The van der Waals surface area contributed by atoms with Gasteiger partial charge in [0.1, 0.15) is 17.1 Å². The van der Waals surface area contributed by atoms with Gasteiger partial charge < -0.3 is 19.5 Å². The van der Waals surface area contributed by atoms with Gasteiger partial charge in [-0.3, -0.25) is 9.69 Å². The van der Waals surface area contributed by atoms with Crippen LogP contribution < -0.4 is 9.47 Å². The Balaban J connectivity index is 1.49. The SMILES string of the molecule is COc1ccc(-c2nc3c(C(=O)N4CCN([C@@H](CO)c5c(F)ccc(OC)c5F)C[C@H]4C)cnn3c(C(F)(F)F)c2C)cc1. The first kappa shape index (κ1) is 31.1. The van der Waals surface area contributed by atoms with Crippen LogP contribution in [0.5, 0.6) is 11.5 Å². The zero-order valence-corrected chi connectivity index (χ0v) is 24.3. The monoisotopic (exact) mass is 619 g/mol. The maximum absolute atomic E-state index is 15.0. The van der Waals surface area contributed by atoms with Crippen molar-refractivity contribution in [1.29, 1.82) is 0 Å². The van der Waals surface area contributed by atoms with Gasteiger partial charge in [-0.05, 0) is 50.2 Å². The number of nitrogens with zero attached hydrogens (tertiary/aromatic N) is 5. The molecule has 4 aromatic rings. The zero-order chi connectivity index (χ0) is 31.9. The van der Waals surface area contributed by atoms with Crippen LogP contribution in [0.25, 0.3) is 16.9 Å². The third kappa shape index (κ3) is 5.43. The van der Waals surface area contributed by atoms with Crippen molar-refractivity contribution in [3.8, 4) is 22.8 Å². The zero-order valence-electron chi connectivity index (χ0n) is 24.3. The Bertz CT molecular complexity index is 1690. The topological polar surface area (TPSA) is 92.4 Å². The van der Waals surface area contributed by atoms with Crippen LogP contribution in [-0.4, -0.2) is 81.9 Å². The molecular formula is C30H30F5N5O4. The Morgan fingerprint density at radius 2 is 1.80 bits per heavy atom. The van der Waals surface area contributed by atoms with Crippen LogP contribution in [0, 0.1) is 18.6 Å². The summed E-state index contributed by atoms with van der Waals surface area (Å²) in [7, 11) is 2.71. The minimum atomic E-state index is -4.80. The molecule has 0 radical (unpaired) electrons. The Hall–Kier alpha value is -4.30. The van der Waals surface area contributed by atoms with Gasteiger partial charge in [0.15, 0.2) is 22.9 Å². The molecule has 44 heavy (non-hydrogen) atoms. The molecule has 2 aromatic carbocycles. The summed E-state index contributed by atoms with van der Waals surface area (Å²) in [6.45, 7) is 2.68. The molecule has 0 unspecified atom stereocenters. The lowest BCUT2D eigenvalue weighted by Gasteiger charge is -2.43. The summed E-state index contributed by atoms with van der Waals surface area (Å²) in [5, 5.41) is 14.0. The molecule has 1 N–H and O–H groups in total. The highest BCUT2D eigenvalue weighted by atomic mass is 19.4. The molecule has 1 aliphatic rings. The summed E-state index contributed by atoms with van der Waals surface area (Å²) in [5.74, 6) is -2.05. The standard InChI is InChI=1S/C30H30F5N5O4/c1-16-14-38(22(15-41)24-21(31)9-10-23(44-4)25(24)32)11-12-39(16)29(42)20-13-36-40-27(30(33,34)35)17(2)26(37-28(20)40)18-5-7-19(43-3)8-6-18/h5-10,13,16,22,41H,11-12,14-15H2,1-4H3/t16-,22+/m1/s1. The molecule has 5 rings (SSSR count). The fourth-order valence-electron chi connectivity index (χ4n) is 5.71. The van der Waals surface area contributed by atoms with Gasteiger partial charge in [0, 0.05) is 42.4 Å². The van der Waals surface area contributed by atoms with Gasteiger partial charge in [-0.15, -0.1) is 0 Å². The molecule has 1 fully saturated rings. The van der Waals surface area contributed by atoms with E-state index in [1.54, 1.807) is 36.1 Å². The molecule has 0 bridgehead atoms. The first-order chi connectivity index (χ1) is 20.9. The molecule has 3 heterocycles. The molecule has 234 valence electrons. The van der Waals surface area contributed by atoms with Gasteiger partial charge in [-0.25, -0.2) is 18.3 Å². The number of aliphatic hydroxyl groups is 1. The largest absolute Gasteiger partial charge is 0.497 e. The van der Waals surface area contributed by atoms with Crippen molar-refractivity contribution in [1.82, 2.24) is 24.4 Å². The number of piperazine rings is 1. The molecule has 2 atom stereocenters. The Morgan fingerprint density at radius 3 is 2.39 bits per heavy atom. The van der Waals surface area contributed by atoms with Crippen molar-refractivity contribution in [2.24, 2.45) is 0 Å². The lowest BCUT2D eigenvalue weighted by Crippen LogP contribution is -2.55. The van der Waals surface area contributed by atoms with Crippen molar-refractivity contribution in [3.63, 3.8) is 0 Å². The minimum absolute atomic E-state index is 0.0352. The van der Waals surface area contributed by atoms with Crippen molar-refractivity contribution in [3.05, 3.63) is 76.6 Å². The van der Waals surface area contributed by atoms with E-state index in [-0.39, 0.29) is 53.4 Å². The number of rotatable bonds is 7. The minimum Gasteiger partial charge on any atom is -0.497 e. The lowest BCUT2D eigenvalue weighted by molar-refractivity contribution is -0.143. The fourth-order valence-corrected chi connectivity index (χ4v) is 5.71. The van der Waals surface area contributed by atoms with Crippen molar-refractivity contribution in [2.75, 3.05) is 40.5 Å². The molecular weight excluding hydrogens is 589 g/mol. The average molecular weight is 620 g/mol. The number of hydrogen-bond donors (Lipinski definition) is 1. The first-order valence-corrected chi connectivity index (χ1v) is 13.7. The molecule has 14 heteroatoms. The normalized spacial score (nSPS) is 16.8. The van der Waals surface area contributed by atoms with E-state index in [4.69, 9.17) is 9.47 Å². The fraction of sp³-hybridized carbons (Fsp3) is 0.367.